The number of aryl methyl sites for hydroxylation is 3. The van der Waals surface area contributed by atoms with Crippen molar-refractivity contribution in [3.63, 3.8) is 0 Å². The Balaban J connectivity index is 0.000000485. The number of esters is 7. The summed E-state index contributed by atoms with van der Waals surface area (Å²) in [5.74, 6) is -5.34. The number of phenols is 4. The van der Waals surface area contributed by atoms with Crippen LogP contribution in [0.5, 0.6) is 34.5 Å². The molecule has 3 atom stereocenters. The molecule has 99 heavy (non-hydrogen) atoms. The largest absolute Gasteiger partial charge is 0.508 e. The summed E-state index contributed by atoms with van der Waals surface area (Å²) < 4.78 is 43.6. The number of rotatable bonds is 32. The molecule has 0 radical (unpaired) electrons. The van der Waals surface area contributed by atoms with E-state index in [1.165, 1.54) is 71.9 Å². The van der Waals surface area contributed by atoms with Gasteiger partial charge in [-0.25, -0.2) is 24.0 Å². The van der Waals surface area contributed by atoms with E-state index in [9.17, 15) is 63.0 Å². The molecule has 6 aromatic rings. The molecule has 0 saturated carbocycles. The molecule has 0 aliphatic carbocycles. The summed E-state index contributed by atoms with van der Waals surface area (Å²) in [4.78, 5) is 127. The summed E-state index contributed by atoms with van der Waals surface area (Å²) in [6, 6.07) is 36.0. The molecule has 0 aliphatic heterocycles. The fourth-order valence-corrected chi connectivity index (χ4v) is 8.07. The van der Waals surface area contributed by atoms with Crippen molar-refractivity contribution in [2.45, 2.75) is 83.3 Å². The molecule has 0 aromatic heterocycles. The van der Waals surface area contributed by atoms with Gasteiger partial charge in [-0.2, -0.15) is 0 Å². The van der Waals surface area contributed by atoms with Crippen LogP contribution in [-0.2, 0) is 124 Å². The molecule has 534 valence electrons. The Kier molecular flexibility index (Phi) is 39.0. The second-order valence-electron chi connectivity index (χ2n) is 20.6. The molecule has 29 heteroatoms. The molecular weight excluding hydrogens is 1300 g/mol. The summed E-state index contributed by atoms with van der Waals surface area (Å²) in [6.45, 7) is -2.22. The molecule has 0 bridgehead atoms. The van der Waals surface area contributed by atoms with E-state index in [-0.39, 0.29) is 82.2 Å². The SMILES string of the molecule is C.COC(=O)C(Cc1ccc(O)cc1)NC(=O)CO.COC(=O)C(Cc1ccc(O)cc1)NC(=O)COC(=O)CCc1ccc(O)cc1.COC(=O)COc1ccc(CCC(=O)OCC(=O)NC(Cc2ccc(OCC(=O)OC)cc2)C(=O)OC)cc1.O=C(O)CCc1ccc(O)cc1. The van der Waals surface area contributed by atoms with Crippen molar-refractivity contribution >= 4 is 65.5 Å². The monoisotopic (exact) mass is 1380 g/mol. The number of carboxylic acids is 1. The maximum absolute atomic E-state index is 12.3. The highest BCUT2D eigenvalue weighted by molar-refractivity contribution is 5.88. The summed E-state index contributed by atoms with van der Waals surface area (Å²) in [5.41, 5.74) is 4.76. The molecule has 0 aliphatic rings. The lowest BCUT2D eigenvalue weighted by Gasteiger charge is -2.17. The number of phenolic OH excluding ortho intramolecular Hbond substituents is 4. The Bertz CT molecular complexity index is 3490. The van der Waals surface area contributed by atoms with E-state index in [0.29, 0.717) is 41.9 Å². The number of hydrogen-bond donors (Lipinski definition) is 9. The van der Waals surface area contributed by atoms with Crippen LogP contribution in [0.3, 0.4) is 0 Å². The van der Waals surface area contributed by atoms with Crippen molar-refractivity contribution in [2.75, 3.05) is 68.6 Å². The molecule has 3 unspecified atom stereocenters. The molecule has 0 fully saturated rings. The first-order chi connectivity index (χ1) is 46.8. The average molecular weight is 1380 g/mol. The van der Waals surface area contributed by atoms with Gasteiger partial charge in [0.2, 0.25) is 5.91 Å². The van der Waals surface area contributed by atoms with Crippen LogP contribution in [0.15, 0.2) is 146 Å². The Hall–Kier alpha value is -11.8. The fourth-order valence-electron chi connectivity index (χ4n) is 8.07. The van der Waals surface area contributed by atoms with Gasteiger partial charge in [0.15, 0.2) is 26.4 Å². The maximum atomic E-state index is 12.3. The van der Waals surface area contributed by atoms with Crippen LogP contribution in [0.4, 0.5) is 0 Å². The van der Waals surface area contributed by atoms with E-state index >= 15 is 0 Å². The molecule has 3 amide bonds. The van der Waals surface area contributed by atoms with Crippen LogP contribution in [0, 0.1) is 0 Å². The second-order valence-corrected chi connectivity index (χ2v) is 20.6. The van der Waals surface area contributed by atoms with E-state index in [1.807, 2.05) is 0 Å². The molecule has 29 nitrogen and oxygen atoms in total. The smallest absolute Gasteiger partial charge is 0.343 e. The number of carboxylic acid groups (broad SMARTS) is 1. The second kappa shape index (κ2) is 46.4. The van der Waals surface area contributed by atoms with Crippen LogP contribution in [0.1, 0.15) is 60.1 Å². The topological polar surface area (TPSA) is 428 Å². The number of carbonyl (C=O) groups is 11. The number of aromatic hydroxyl groups is 4. The predicted molar refractivity (Wildman–Crippen MR) is 352 cm³/mol. The number of aliphatic hydroxyl groups is 1. The van der Waals surface area contributed by atoms with Gasteiger partial charge >= 0.3 is 47.8 Å². The average Bonchev–Trinajstić information content (AvgIpc) is 0.964. The van der Waals surface area contributed by atoms with Crippen molar-refractivity contribution in [3.05, 3.63) is 179 Å². The number of carbonyl (C=O) groups excluding carboxylic acids is 10. The van der Waals surface area contributed by atoms with Gasteiger partial charge in [-0.15, -0.1) is 0 Å². The quantitative estimate of drug-likeness (QED) is 0.0210. The summed E-state index contributed by atoms with van der Waals surface area (Å²) in [7, 11) is 6.15. The standard InChI is InChI=1S/C27H31NO11.C21H23NO7.C12H15NO5.C9H10O3.CH4/c1-34-25(31)16-37-20-9-4-18(5-10-20)8-13-24(30)39-15-23(29)28-22(27(33)36-3)14-19-6-11-21(12-7-19)38-17-26(32)35-2;1-28-21(27)18(12-15-4-9-17(24)10-5-15)22-19(25)13-29-20(26)11-6-14-2-7-16(23)8-3-14;1-18-12(17)10(13-11(16)7-14)6-8-2-4-9(15)5-3-8;10-8-4-1-7(2-5-8)3-6-9(11)12;/h4-7,9-12,22H,8,13-17H2,1-3H3,(H,28,29);2-5,7-10,18,23-24H,6,11-13H2,1H3,(H,22,25);2-5,10,14-15H,6-7H2,1H3,(H,13,16);1-2,4-5,10H,3,6H2,(H,11,12);1H4. The molecular formula is C70H83N3O26. The number of aliphatic hydroxyl groups excluding tert-OH is 1. The van der Waals surface area contributed by atoms with Gasteiger partial charge in [-0.1, -0.05) is 80.2 Å². The van der Waals surface area contributed by atoms with Crippen LogP contribution in [0.2, 0.25) is 0 Å². The van der Waals surface area contributed by atoms with Crippen molar-refractivity contribution in [1.29, 1.82) is 0 Å². The molecule has 6 aromatic carbocycles. The van der Waals surface area contributed by atoms with Crippen molar-refractivity contribution in [1.82, 2.24) is 16.0 Å². The van der Waals surface area contributed by atoms with Gasteiger partial charge in [0.1, 0.15) is 59.2 Å². The van der Waals surface area contributed by atoms with Gasteiger partial charge in [0, 0.05) is 38.5 Å². The van der Waals surface area contributed by atoms with Crippen LogP contribution < -0.4 is 25.4 Å². The Morgan fingerprint density at radius 2 is 0.606 bits per heavy atom. The number of methoxy groups -OCH3 is 5. The lowest BCUT2D eigenvalue weighted by atomic mass is 10.1. The highest BCUT2D eigenvalue weighted by atomic mass is 16.6. The highest BCUT2D eigenvalue weighted by Gasteiger charge is 2.25. The molecule has 0 saturated heterocycles. The third-order valence-electron chi connectivity index (χ3n) is 13.3. The number of nitrogens with one attached hydrogen (secondary N) is 3. The molecule has 0 spiro atoms. The normalized spacial score (nSPS) is 10.9. The van der Waals surface area contributed by atoms with Crippen LogP contribution in [-0.4, -0.2) is 183 Å². The Labute approximate surface area is 570 Å². The van der Waals surface area contributed by atoms with E-state index in [2.05, 4.69) is 30.2 Å². The van der Waals surface area contributed by atoms with Gasteiger partial charge < -0.3 is 89.2 Å². The number of ether oxygens (including phenoxy) is 9. The van der Waals surface area contributed by atoms with Gasteiger partial charge in [0.25, 0.3) is 11.8 Å². The van der Waals surface area contributed by atoms with E-state index in [0.717, 1.165) is 22.3 Å². The molecule has 6 rings (SSSR count). The van der Waals surface area contributed by atoms with E-state index < -0.39 is 103 Å². The van der Waals surface area contributed by atoms with Crippen molar-refractivity contribution < 1.29 is 126 Å². The first-order valence-corrected chi connectivity index (χ1v) is 29.8. The summed E-state index contributed by atoms with van der Waals surface area (Å²) >= 11 is 0. The fraction of sp³-hybridized carbons (Fsp3) is 0.329. The zero-order chi connectivity index (χ0) is 72.4. The zero-order valence-corrected chi connectivity index (χ0v) is 54.3. The van der Waals surface area contributed by atoms with Crippen LogP contribution in [0.25, 0.3) is 0 Å². The van der Waals surface area contributed by atoms with Gasteiger partial charge in [0.05, 0.1) is 35.5 Å². The minimum atomic E-state index is -1.01. The Morgan fingerprint density at radius 1 is 0.343 bits per heavy atom. The third-order valence-corrected chi connectivity index (χ3v) is 13.3. The van der Waals surface area contributed by atoms with E-state index in [4.69, 9.17) is 48.8 Å². The maximum Gasteiger partial charge on any atom is 0.343 e. The number of benzene rings is 6. The van der Waals surface area contributed by atoms with Gasteiger partial charge in [-0.3, -0.25) is 28.8 Å². The van der Waals surface area contributed by atoms with Crippen molar-refractivity contribution in [2.24, 2.45) is 0 Å². The number of amides is 3. The lowest BCUT2D eigenvalue weighted by Crippen LogP contribution is -2.44. The number of aliphatic carboxylic acids is 1. The predicted octanol–water partition coefficient (Wildman–Crippen LogP) is 4.27. The highest BCUT2D eigenvalue weighted by Crippen LogP contribution is 2.18. The first-order valence-electron chi connectivity index (χ1n) is 29.8. The number of hydrogen-bond acceptors (Lipinski definition) is 25. The lowest BCUT2D eigenvalue weighted by molar-refractivity contribution is -0.150. The molecule has 0 heterocycles. The summed E-state index contributed by atoms with van der Waals surface area (Å²) in [5, 5.41) is 61.0. The molecule has 9 N–H and O–H groups in total. The Morgan fingerprint density at radius 3 is 0.879 bits per heavy atom. The van der Waals surface area contributed by atoms with E-state index in [1.54, 1.807) is 109 Å². The summed E-state index contributed by atoms with van der Waals surface area (Å²) in [6.07, 6.45) is 2.01. The zero-order valence-electron chi connectivity index (χ0n) is 54.3. The van der Waals surface area contributed by atoms with Gasteiger partial charge in [-0.05, 0) is 125 Å². The van der Waals surface area contributed by atoms with Crippen LogP contribution >= 0.6 is 0 Å². The minimum Gasteiger partial charge on any atom is -0.508 e. The first kappa shape index (κ1) is 83.3. The third kappa shape index (κ3) is 35.5. The minimum absolute atomic E-state index is 0. The van der Waals surface area contributed by atoms with Crippen molar-refractivity contribution in [3.8, 4) is 34.5 Å².